The van der Waals surface area contributed by atoms with Crippen LogP contribution in [0.1, 0.15) is 62.3 Å². The first-order valence-corrected chi connectivity index (χ1v) is 17.1. The van der Waals surface area contributed by atoms with Crippen LogP contribution < -0.4 is 4.74 Å². The number of pyridine rings is 1. The number of sulfonamides is 1. The maximum Gasteiger partial charge on any atom is 0.305 e. The van der Waals surface area contributed by atoms with Crippen LogP contribution in [0.5, 0.6) is 5.75 Å². The lowest BCUT2D eigenvalue weighted by Gasteiger charge is -2.24. The molecule has 0 fully saturated rings. The van der Waals surface area contributed by atoms with Crippen LogP contribution in [0.4, 0.5) is 0 Å². The van der Waals surface area contributed by atoms with E-state index in [0.717, 1.165) is 42.3 Å². The summed E-state index contributed by atoms with van der Waals surface area (Å²) in [6.07, 6.45) is 4.42. The highest BCUT2D eigenvalue weighted by atomic mass is 35.5. The van der Waals surface area contributed by atoms with Gasteiger partial charge in [-0.15, -0.1) is 0 Å². The number of fused-ring (bicyclic) bond motifs is 1. The van der Waals surface area contributed by atoms with E-state index in [9.17, 15) is 13.2 Å². The summed E-state index contributed by atoms with van der Waals surface area (Å²) in [5, 5.41) is 1.28. The molecule has 0 atom stereocenters. The van der Waals surface area contributed by atoms with Gasteiger partial charge in [-0.25, -0.2) is 13.4 Å². The number of carbonyl (C=O) groups excluding carboxylic acids is 1. The van der Waals surface area contributed by atoms with Crippen molar-refractivity contribution in [2.24, 2.45) is 0 Å². The summed E-state index contributed by atoms with van der Waals surface area (Å²) in [5.74, 6) is 0.376. The SMILES string of the molecule is CCOC(=O)CCCCCCCN(Cc1ccccc1)S(=O)(=O)c1ccc(Cl)c(COc2cccc3ccc(C)nc23)c1Cl. The summed E-state index contributed by atoms with van der Waals surface area (Å²) in [5.41, 5.74) is 2.82. The fourth-order valence-electron chi connectivity index (χ4n) is 4.92. The Hall–Kier alpha value is -3.17. The predicted molar refractivity (Wildman–Crippen MR) is 176 cm³/mol. The van der Waals surface area contributed by atoms with Crippen LogP contribution in [-0.4, -0.2) is 36.8 Å². The number of nitrogens with zero attached hydrogens (tertiary/aromatic N) is 2. The maximum atomic E-state index is 14.1. The quantitative estimate of drug-likeness (QED) is 0.0887. The smallest absolute Gasteiger partial charge is 0.305 e. The standard InChI is InChI=1S/C34H38Cl2N2O5S/c1-3-42-32(39)17-10-5-4-6-11-22-38(23-26-13-8-7-9-14-26)44(40,41)31-21-20-29(35)28(33(31)36)24-43-30-16-12-15-27-19-18-25(2)37-34(27)30/h7-9,12-16,18-21H,3-6,10-11,17,22-24H2,1-2H3. The summed E-state index contributed by atoms with van der Waals surface area (Å²) >= 11 is 13.3. The summed E-state index contributed by atoms with van der Waals surface area (Å²) in [7, 11) is -3.99. The Balaban J connectivity index is 1.50. The summed E-state index contributed by atoms with van der Waals surface area (Å²) in [4.78, 5) is 16.2. The van der Waals surface area contributed by atoms with E-state index in [1.807, 2.05) is 67.6 Å². The van der Waals surface area contributed by atoms with Crippen LogP contribution in [0, 0.1) is 6.92 Å². The van der Waals surface area contributed by atoms with Crippen LogP contribution in [0.25, 0.3) is 10.9 Å². The molecule has 1 aromatic heterocycles. The zero-order valence-corrected chi connectivity index (χ0v) is 27.4. The number of esters is 1. The average Bonchev–Trinajstić information content (AvgIpc) is 3.00. The Bertz CT molecular complexity index is 1670. The molecule has 234 valence electrons. The molecule has 0 N–H and O–H groups in total. The molecular formula is C34H38Cl2N2O5S. The van der Waals surface area contributed by atoms with Gasteiger partial charge in [0.15, 0.2) is 0 Å². The van der Waals surface area contributed by atoms with E-state index < -0.39 is 10.0 Å². The van der Waals surface area contributed by atoms with Crippen LogP contribution in [0.3, 0.4) is 0 Å². The zero-order valence-electron chi connectivity index (χ0n) is 25.1. The topological polar surface area (TPSA) is 85.8 Å². The minimum Gasteiger partial charge on any atom is -0.487 e. The van der Waals surface area contributed by atoms with Crippen molar-refractivity contribution >= 4 is 50.1 Å². The highest BCUT2D eigenvalue weighted by Gasteiger charge is 2.29. The molecular weight excluding hydrogens is 619 g/mol. The van der Waals surface area contributed by atoms with Crippen molar-refractivity contribution < 1.29 is 22.7 Å². The molecule has 0 aliphatic rings. The number of benzene rings is 3. The lowest BCUT2D eigenvalue weighted by atomic mass is 10.1. The van der Waals surface area contributed by atoms with E-state index in [2.05, 4.69) is 4.98 Å². The number of aryl methyl sites for hydroxylation is 1. The Labute approximate surface area is 270 Å². The maximum absolute atomic E-state index is 14.1. The molecule has 0 aliphatic heterocycles. The number of aromatic nitrogens is 1. The molecule has 3 aromatic carbocycles. The van der Waals surface area contributed by atoms with Crippen molar-refractivity contribution in [3.8, 4) is 5.75 Å². The summed E-state index contributed by atoms with van der Waals surface area (Å²) in [6.45, 7) is 4.59. The molecule has 44 heavy (non-hydrogen) atoms. The predicted octanol–water partition coefficient (Wildman–Crippen LogP) is 8.52. The number of unbranched alkanes of at least 4 members (excludes halogenated alkanes) is 4. The van der Waals surface area contributed by atoms with Gasteiger partial charge in [0.25, 0.3) is 0 Å². The van der Waals surface area contributed by atoms with Gasteiger partial charge in [0.05, 0.1) is 11.6 Å². The van der Waals surface area contributed by atoms with E-state index in [4.69, 9.17) is 32.7 Å². The second-order valence-corrected chi connectivity index (χ2v) is 13.2. The van der Waals surface area contributed by atoms with Crippen molar-refractivity contribution in [3.63, 3.8) is 0 Å². The number of ether oxygens (including phenoxy) is 2. The minimum absolute atomic E-state index is 0.0144. The molecule has 4 aromatic rings. The molecule has 10 heteroatoms. The van der Waals surface area contributed by atoms with Gasteiger partial charge in [-0.3, -0.25) is 4.79 Å². The number of rotatable bonds is 16. The number of hydrogen-bond donors (Lipinski definition) is 0. The Morgan fingerprint density at radius 2 is 1.64 bits per heavy atom. The van der Waals surface area contributed by atoms with Gasteiger partial charge in [0.2, 0.25) is 10.0 Å². The van der Waals surface area contributed by atoms with Gasteiger partial charge in [-0.1, -0.05) is 91.0 Å². The molecule has 0 radical (unpaired) electrons. The number of para-hydroxylation sites is 1. The fourth-order valence-corrected chi connectivity index (χ4v) is 7.25. The molecule has 0 spiro atoms. The van der Waals surface area contributed by atoms with E-state index in [1.54, 1.807) is 13.0 Å². The number of carbonyl (C=O) groups is 1. The summed E-state index contributed by atoms with van der Waals surface area (Å²) < 4.78 is 40.8. The Kier molecular flexibility index (Phi) is 12.4. The molecule has 0 saturated carbocycles. The highest BCUT2D eigenvalue weighted by molar-refractivity contribution is 7.89. The lowest BCUT2D eigenvalue weighted by Crippen LogP contribution is -2.32. The van der Waals surface area contributed by atoms with Gasteiger partial charge in [0, 0.05) is 41.2 Å². The normalized spacial score (nSPS) is 11.7. The number of hydrogen-bond acceptors (Lipinski definition) is 6. The van der Waals surface area contributed by atoms with Crippen molar-refractivity contribution in [2.45, 2.75) is 70.4 Å². The van der Waals surface area contributed by atoms with Crippen molar-refractivity contribution in [2.75, 3.05) is 13.2 Å². The Morgan fingerprint density at radius 1 is 0.886 bits per heavy atom. The second kappa shape index (κ2) is 16.2. The highest BCUT2D eigenvalue weighted by Crippen LogP contribution is 2.35. The van der Waals surface area contributed by atoms with Gasteiger partial charge in [-0.05, 0) is 56.5 Å². The van der Waals surface area contributed by atoms with E-state index >= 15 is 0 Å². The molecule has 0 bridgehead atoms. The number of halogens is 2. The van der Waals surface area contributed by atoms with Crippen molar-refractivity contribution in [1.29, 1.82) is 0 Å². The molecule has 0 saturated heterocycles. The van der Waals surface area contributed by atoms with Gasteiger partial charge in [0.1, 0.15) is 22.8 Å². The zero-order chi connectivity index (χ0) is 31.5. The third-order valence-corrected chi connectivity index (χ3v) is 10.0. The minimum atomic E-state index is -3.99. The van der Waals surface area contributed by atoms with E-state index in [1.165, 1.54) is 10.4 Å². The first-order chi connectivity index (χ1) is 21.2. The van der Waals surface area contributed by atoms with Crippen LogP contribution >= 0.6 is 23.2 Å². The van der Waals surface area contributed by atoms with Gasteiger partial charge >= 0.3 is 5.97 Å². The monoisotopic (exact) mass is 656 g/mol. The molecule has 4 rings (SSSR count). The first-order valence-electron chi connectivity index (χ1n) is 14.9. The van der Waals surface area contributed by atoms with Crippen molar-refractivity contribution in [3.05, 3.63) is 99.7 Å². The lowest BCUT2D eigenvalue weighted by molar-refractivity contribution is -0.143. The Morgan fingerprint density at radius 3 is 2.41 bits per heavy atom. The second-order valence-electron chi connectivity index (χ2n) is 10.6. The third kappa shape index (κ3) is 8.94. The molecule has 0 unspecified atom stereocenters. The van der Waals surface area contributed by atoms with Crippen LogP contribution in [-0.2, 0) is 32.7 Å². The molecule has 0 aliphatic carbocycles. The van der Waals surface area contributed by atoms with Gasteiger partial charge < -0.3 is 9.47 Å². The van der Waals surface area contributed by atoms with Crippen LogP contribution in [0.2, 0.25) is 10.0 Å². The van der Waals surface area contributed by atoms with E-state index in [0.29, 0.717) is 47.8 Å². The summed E-state index contributed by atoms with van der Waals surface area (Å²) in [6, 6.07) is 22.0. The molecule has 7 nitrogen and oxygen atoms in total. The van der Waals surface area contributed by atoms with Gasteiger partial charge in [-0.2, -0.15) is 4.31 Å². The largest absolute Gasteiger partial charge is 0.487 e. The third-order valence-electron chi connectivity index (χ3n) is 7.26. The molecule has 0 amide bonds. The van der Waals surface area contributed by atoms with Crippen LogP contribution in [0.15, 0.2) is 77.7 Å². The average molecular weight is 658 g/mol. The molecule has 1 heterocycles. The fraction of sp³-hybridized carbons (Fsp3) is 0.353. The van der Waals surface area contributed by atoms with E-state index in [-0.39, 0.29) is 29.0 Å². The first kappa shape index (κ1) is 33.7. The van der Waals surface area contributed by atoms with Crippen molar-refractivity contribution in [1.82, 2.24) is 9.29 Å².